The van der Waals surface area contributed by atoms with Crippen molar-refractivity contribution in [3.05, 3.63) is 35.9 Å². The van der Waals surface area contributed by atoms with E-state index in [0.29, 0.717) is 5.92 Å². The summed E-state index contributed by atoms with van der Waals surface area (Å²) < 4.78 is 0. The Balaban J connectivity index is 2.48. The zero-order chi connectivity index (χ0) is 10.6. The molecule has 1 rings (SSSR count). The zero-order valence-electron chi connectivity index (χ0n) is 9.67. The van der Waals surface area contributed by atoms with Crippen molar-refractivity contribution >= 4 is 0 Å². The van der Waals surface area contributed by atoms with Crippen LogP contribution in [0.1, 0.15) is 39.2 Å². The lowest BCUT2D eigenvalue weighted by Gasteiger charge is -2.23. The number of nitrogens with one attached hydrogen (secondary N) is 1. The van der Waals surface area contributed by atoms with Crippen LogP contribution in [0.3, 0.4) is 0 Å². The summed E-state index contributed by atoms with van der Waals surface area (Å²) in [6.07, 6.45) is 0. The molecule has 0 amide bonds. The Bertz CT molecular complexity index is 258. The molecule has 1 aromatic rings. The molecule has 0 saturated carbocycles. The number of rotatable bonds is 3. The second-order valence-corrected chi connectivity index (χ2v) is 4.94. The lowest BCUT2D eigenvalue weighted by Crippen LogP contribution is -2.38. The molecule has 1 aromatic carbocycles. The fourth-order valence-corrected chi connectivity index (χ4v) is 1.36. The van der Waals surface area contributed by atoms with E-state index in [-0.39, 0.29) is 5.54 Å². The Morgan fingerprint density at radius 2 is 1.71 bits per heavy atom. The molecule has 0 spiro atoms. The average Bonchev–Trinajstić information content (AvgIpc) is 2.14. The number of hydrogen-bond donors (Lipinski definition) is 1. The molecular formula is C13H21N. The lowest BCUT2D eigenvalue weighted by atomic mass is 10.00. The fourth-order valence-electron chi connectivity index (χ4n) is 1.36. The van der Waals surface area contributed by atoms with E-state index in [0.717, 1.165) is 6.54 Å². The largest absolute Gasteiger partial charge is 0.311 e. The topological polar surface area (TPSA) is 12.0 Å². The molecule has 78 valence electrons. The van der Waals surface area contributed by atoms with Crippen molar-refractivity contribution in [3.63, 3.8) is 0 Å². The Labute approximate surface area is 87.5 Å². The van der Waals surface area contributed by atoms with Crippen LogP contribution in [0.5, 0.6) is 0 Å². The van der Waals surface area contributed by atoms with Crippen LogP contribution in [-0.4, -0.2) is 12.1 Å². The highest BCUT2D eigenvalue weighted by molar-refractivity contribution is 5.19. The van der Waals surface area contributed by atoms with E-state index >= 15 is 0 Å². The van der Waals surface area contributed by atoms with Crippen LogP contribution >= 0.6 is 0 Å². The molecule has 14 heavy (non-hydrogen) atoms. The Hall–Kier alpha value is -0.820. The van der Waals surface area contributed by atoms with Gasteiger partial charge in [-0.05, 0) is 32.3 Å². The van der Waals surface area contributed by atoms with Gasteiger partial charge in [0.25, 0.3) is 0 Å². The van der Waals surface area contributed by atoms with Gasteiger partial charge in [-0.15, -0.1) is 0 Å². The Morgan fingerprint density at radius 1 is 1.14 bits per heavy atom. The highest BCUT2D eigenvalue weighted by atomic mass is 14.9. The summed E-state index contributed by atoms with van der Waals surface area (Å²) >= 11 is 0. The molecular weight excluding hydrogens is 170 g/mol. The van der Waals surface area contributed by atoms with Crippen molar-refractivity contribution in [2.24, 2.45) is 0 Å². The summed E-state index contributed by atoms with van der Waals surface area (Å²) in [5.74, 6) is 0.579. The summed E-state index contributed by atoms with van der Waals surface area (Å²) in [4.78, 5) is 0. The van der Waals surface area contributed by atoms with E-state index in [2.05, 4.69) is 63.3 Å². The Kier molecular flexibility index (Phi) is 3.70. The van der Waals surface area contributed by atoms with Crippen molar-refractivity contribution in [1.82, 2.24) is 5.32 Å². The maximum absolute atomic E-state index is 3.52. The maximum atomic E-state index is 3.52. The summed E-state index contributed by atoms with van der Waals surface area (Å²) in [6.45, 7) is 9.89. The third-order valence-corrected chi connectivity index (χ3v) is 2.31. The van der Waals surface area contributed by atoms with E-state index in [4.69, 9.17) is 0 Å². The average molecular weight is 191 g/mol. The van der Waals surface area contributed by atoms with E-state index in [1.165, 1.54) is 5.56 Å². The highest BCUT2D eigenvalue weighted by Crippen LogP contribution is 2.14. The third kappa shape index (κ3) is 3.93. The molecule has 0 heterocycles. The van der Waals surface area contributed by atoms with Gasteiger partial charge in [-0.3, -0.25) is 0 Å². The highest BCUT2D eigenvalue weighted by Gasteiger charge is 2.11. The molecule has 0 bridgehead atoms. The van der Waals surface area contributed by atoms with Crippen molar-refractivity contribution < 1.29 is 0 Å². The fraction of sp³-hybridized carbons (Fsp3) is 0.538. The second-order valence-electron chi connectivity index (χ2n) is 4.94. The Morgan fingerprint density at radius 3 is 2.21 bits per heavy atom. The first kappa shape index (κ1) is 11.3. The standard InChI is InChI=1S/C13H21N/c1-11(10-14-13(2,3)4)12-8-6-5-7-9-12/h5-9,11,14H,10H2,1-4H3/t11-/m0/s1. The minimum atomic E-state index is 0.211. The van der Waals surface area contributed by atoms with Crippen LogP contribution < -0.4 is 5.32 Å². The van der Waals surface area contributed by atoms with Crippen LogP contribution in [0.4, 0.5) is 0 Å². The van der Waals surface area contributed by atoms with Gasteiger partial charge in [-0.2, -0.15) is 0 Å². The molecule has 1 nitrogen and oxygen atoms in total. The minimum absolute atomic E-state index is 0.211. The molecule has 0 aliphatic rings. The van der Waals surface area contributed by atoms with Crippen molar-refractivity contribution in [3.8, 4) is 0 Å². The van der Waals surface area contributed by atoms with Gasteiger partial charge in [0.05, 0.1) is 0 Å². The molecule has 1 heteroatoms. The predicted octanol–water partition coefficient (Wildman–Crippen LogP) is 3.18. The van der Waals surface area contributed by atoms with Gasteiger partial charge in [-0.25, -0.2) is 0 Å². The second kappa shape index (κ2) is 4.61. The first-order chi connectivity index (χ1) is 6.49. The minimum Gasteiger partial charge on any atom is -0.311 e. The van der Waals surface area contributed by atoms with Gasteiger partial charge in [0, 0.05) is 12.1 Å². The summed E-state index contributed by atoms with van der Waals surface area (Å²) in [5, 5.41) is 3.52. The van der Waals surface area contributed by atoms with Gasteiger partial charge >= 0.3 is 0 Å². The summed E-state index contributed by atoms with van der Waals surface area (Å²) in [7, 11) is 0. The summed E-state index contributed by atoms with van der Waals surface area (Å²) in [5.41, 5.74) is 1.62. The molecule has 0 saturated heterocycles. The maximum Gasteiger partial charge on any atom is 0.00967 e. The smallest absolute Gasteiger partial charge is 0.00967 e. The first-order valence-electron chi connectivity index (χ1n) is 5.29. The molecule has 0 aromatic heterocycles. The van der Waals surface area contributed by atoms with Gasteiger partial charge in [0.15, 0.2) is 0 Å². The SMILES string of the molecule is C[C@@H](CNC(C)(C)C)c1ccccc1. The number of hydrogen-bond acceptors (Lipinski definition) is 1. The molecule has 0 unspecified atom stereocenters. The van der Waals surface area contributed by atoms with E-state index < -0.39 is 0 Å². The van der Waals surface area contributed by atoms with Crippen LogP contribution in [0.25, 0.3) is 0 Å². The predicted molar refractivity (Wildman–Crippen MR) is 62.6 cm³/mol. The van der Waals surface area contributed by atoms with Crippen LogP contribution in [0, 0.1) is 0 Å². The summed E-state index contributed by atoms with van der Waals surface area (Å²) in [6, 6.07) is 10.6. The van der Waals surface area contributed by atoms with Gasteiger partial charge < -0.3 is 5.32 Å². The molecule has 0 aliphatic heterocycles. The van der Waals surface area contributed by atoms with E-state index in [1.807, 2.05) is 0 Å². The van der Waals surface area contributed by atoms with Gasteiger partial charge in [-0.1, -0.05) is 37.3 Å². The monoisotopic (exact) mass is 191 g/mol. The van der Waals surface area contributed by atoms with Crippen molar-refractivity contribution in [2.45, 2.75) is 39.2 Å². The number of benzene rings is 1. The third-order valence-electron chi connectivity index (χ3n) is 2.31. The first-order valence-corrected chi connectivity index (χ1v) is 5.29. The molecule has 0 radical (unpaired) electrons. The molecule has 1 atom stereocenters. The zero-order valence-corrected chi connectivity index (χ0v) is 9.67. The normalized spacial score (nSPS) is 14.0. The van der Waals surface area contributed by atoms with Crippen LogP contribution in [0.15, 0.2) is 30.3 Å². The molecule has 1 N–H and O–H groups in total. The van der Waals surface area contributed by atoms with Crippen LogP contribution in [0.2, 0.25) is 0 Å². The van der Waals surface area contributed by atoms with Gasteiger partial charge in [0.2, 0.25) is 0 Å². The van der Waals surface area contributed by atoms with Crippen molar-refractivity contribution in [2.75, 3.05) is 6.54 Å². The van der Waals surface area contributed by atoms with Gasteiger partial charge in [0.1, 0.15) is 0 Å². The molecule has 0 fully saturated rings. The van der Waals surface area contributed by atoms with E-state index in [9.17, 15) is 0 Å². The van der Waals surface area contributed by atoms with Crippen LogP contribution in [-0.2, 0) is 0 Å². The lowest BCUT2D eigenvalue weighted by molar-refractivity contribution is 0.412. The molecule has 0 aliphatic carbocycles. The van der Waals surface area contributed by atoms with Crippen molar-refractivity contribution in [1.29, 1.82) is 0 Å². The van der Waals surface area contributed by atoms with E-state index in [1.54, 1.807) is 0 Å². The quantitative estimate of drug-likeness (QED) is 0.773.